The number of aryl methyl sites for hydroxylation is 1. The summed E-state index contributed by atoms with van der Waals surface area (Å²) in [7, 11) is 3.33. The van der Waals surface area contributed by atoms with Gasteiger partial charge in [0.15, 0.2) is 0 Å². The molecule has 1 aliphatic heterocycles. The lowest BCUT2D eigenvalue weighted by molar-refractivity contribution is -0.130. The summed E-state index contributed by atoms with van der Waals surface area (Å²) in [6, 6.07) is 6.52. The second kappa shape index (κ2) is 11.2. The molecule has 8 rings (SSSR count). The van der Waals surface area contributed by atoms with E-state index in [1.807, 2.05) is 18.2 Å². The van der Waals surface area contributed by atoms with Gasteiger partial charge >= 0.3 is 6.03 Å². The number of carbonyl (C=O) groups excluding carboxylic acids is 4. The molecule has 1 aromatic carbocycles. The van der Waals surface area contributed by atoms with Crippen LogP contribution in [0.4, 0.5) is 10.5 Å². The van der Waals surface area contributed by atoms with Crippen molar-refractivity contribution in [2.75, 3.05) is 18.9 Å². The molecule has 0 spiro atoms. The van der Waals surface area contributed by atoms with Gasteiger partial charge in [0.2, 0.25) is 11.8 Å². The van der Waals surface area contributed by atoms with Crippen LogP contribution in [0.15, 0.2) is 30.5 Å². The summed E-state index contributed by atoms with van der Waals surface area (Å²) in [6.07, 6.45) is 8.19. The molecule has 240 valence electrons. The van der Waals surface area contributed by atoms with Crippen LogP contribution in [0.2, 0.25) is 0 Å². The zero-order valence-corrected chi connectivity index (χ0v) is 26.6. The van der Waals surface area contributed by atoms with E-state index < -0.39 is 11.6 Å². The molecule has 1 saturated heterocycles. The highest BCUT2D eigenvalue weighted by molar-refractivity contribution is 6.01. The van der Waals surface area contributed by atoms with E-state index in [4.69, 9.17) is 0 Å². The summed E-state index contributed by atoms with van der Waals surface area (Å²) in [4.78, 5) is 55.9. The number of hydrogen-bond acceptors (Lipinski definition) is 5. The first-order valence-corrected chi connectivity index (χ1v) is 16.6. The van der Waals surface area contributed by atoms with Crippen LogP contribution in [0.25, 0.3) is 0 Å². The Balaban J connectivity index is 1.14. The number of amides is 5. The quantitative estimate of drug-likeness (QED) is 0.362. The van der Waals surface area contributed by atoms with Gasteiger partial charge in [0.1, 0.15) is 17.3 Å². The fourth-order valence-corrected chi connectivity index (χ4v) is 9.63. The van der Waals surface area contributed by atoms with Crippen LogP contribution in [-0.4, -0.2) is 69.6 Å². The van der Waals surface area contributed by atoms with Crippen LogP contribution < -0.4 is 21.3 Å². The van der Waals surface area contributed by atoms with E-state index in [9.17, 15) is 19.2 Å². The highest BCUT2D eigenvalue weighted by Crippen LogP contribution is 2.57. The molecule has 0 radical (unpaired) electrons. The van der Waals surface area contributed by atoms with E-state index >= 15 is 0 Å². The standard InChI is InChI=1S/C34H45N7O4/c1-18(2)26-17-41(33(45)38-26)34(32(44)35-3)15-21-5-6-25(14-24(21)16-34)37-31(43)29(39-30(42)27-7-8-36-40(27)4)28-22-10-19-9-20(12-22)13-23(28)11-19/h5-8,14,18-20,22-23,26,28-29H,9-13,15-17H2,1-4H3,(H,35,44)(H,37,43)(H,38,45)(H,39,42)/t19?,20?,22?,23?,26-,28?,29?,34?/m0/s1. The normalized spacial score (nSPS) is 31.9. The largest absolute Gasteiger partial charge is 0.357 e. The maximum atomic E-state index is 14.2. The molecule has 1 aromatic heterocycles. The van der Waals surface area contributed by atoms with Crippen molar-refractivity contribution in [3.8, 4) is 0 Å². The van der Waals surface area contributed by atoms with E-state index in [1.165, 1.54) is 11.1 Å². The van der Waals surface area contributed by atoms with Crippen LogP contribution in [0.1, 0.15) is 67.6 Å². The Morgan fingerprint density at radius 1 is 1.00 bits per heavy atom. The smallest absolute Gasteiger partial charge is 0.318 e. The molecule has 4 saturated carbocycles. The number of hydrogen-bond donors (Lipinski definition) is 4. The van der Waals surface area contributed by atoms with Gasteiger partial charge in [0.25, 0.3) is 5.91 Å². The van der Waals surface area contributed by atoms with Gasteiger partial charge in [-0.25, -0.2) is 4.79 Å². The van der Waals surface area contributed by atoms with Gasteiger partial charge in [-0.2, -0.15) is 5.10 Å². The number of fused-ring (bicyclic) bond motifs is 1. The summed E-state index contributed by atoms with van der Waals surface area (Å²) in [5.74, 6) is 1.98. The molecule has 45 heavy (non-hydrogen) atoms. The zero-order valence-electron chi connectivity index (χ0n) is 26.6. The van der Waals surface area contributed by atoms with Gasteiger partial charge < -0.3 is 26.2 Å². The van der Waals surface area contributed by atoms with Crippen LogP contribution in [0, 0.1) is 35.5 Å². The summed E-state index contributed by atoms with van der Waals surface area (Å²) in [5.41, 5.74) is 1.93. The van der Waals surface area contributed by atoms with Gasteiger partial charge in [0.05, 0.1) is 6.04 Å². The van der Waals surface area contributed by atoms with Gasteiger partial charge in [-0.1, -0.05) is 19.9 Å². The number of nitrogens with one attached hydrogen (secondary N) is 4. The van der Waals surface area contributed by atoms with Gasteiger partial charge in [-0.3, -0.25) is 19.1 Å². The molecule has 4 bridgehead atoms. The fourth-order valence-electron chi connectivity index (χ4n) is 9.63. The van der Waals surface area contributed by atoms with Crippen LogP contribution >= 0.6 is 0 Å². The van der Waals surface area contributed by atoms with Crippen molar-refractivity contribution in [2.45, 2.75) is 76.4 Å². The molecule has 3 atom stereocenters. The third-order valence-corrected chi connectivity index (χ3v) is 11.7. The highest BCUT2D eigenvalue weighted by atomic mass is 16.2. The van der Waals surface area contributed by atoms with Crippen molar-refractivity contribution in [3.63, 3.8) is 0 Å². The van der Waals surface area contributed by atoms with Crippen LogP contribution in [-0.2, 0) is 29.5 Å². The molecule has 11 nitrogen and oxygen atoms in total. The molecule has 5 aliphatic carbocycles. The predicted molar refractivity (Wildman–Crippen MR) is 168 cm³/mol. The molecular formula is C34H45N7O4. The Bertz CT molecular complexity index is 1510. The number of likely N-dealkylation sites (N-methyl/N-ethyl adjacent to an activating group) is 1. The van der Waals surface area contributed by atoms with Crippen molar-refractivity contribution >= 4 is 29.4 Å². The third kappa shape index (κ3) is 5.08. The molecule has 2 aromatic rings. The highest BCUT2D eigenvalue weighted by Gasteiger charge is 2.54. The molecule has 2 unspecified atom stereocenters. The number of rotatable bonds is 8. The van der Waals surface area contributed by atoms with Crippen molar-refractivity contribution in [3.05, 3.63) is 47.3 Å². The van der Waals surface area contributed by atoms with Crippen molar-refractivity contribution in [1.29, 1.82) is 0 Å². The first kappa shape index (κ1) is 29.8. The average molecular weight is 616 g/mol. The first-order chi connectivity index (χ1) is 21.6. The van der Waals surface area contributed by atoms with Gasteiger partial charge in [-0.15, -0.1) is 0 Å². The fraction of sp³-hybridized carbons (Fsp3) is 0.618. The molecule has 5 fully saturated rings. The monoisotopic (exact) mass is 615 g/mol. The van der Waals surface area contributed by atoms with E-state index in [0.29, 0.717) is 42.6 Å². The Morgan fingerprint density at radius 3 is 2.29 bits per heavy atom. The second-order valence-electron chi connectivity index (χ2n) is 14.6. The predicted octanol–water partition coefficient (Wildman–Crippen LogP) is 2.86. The summed E-state index contributed by atoms with van der Waals surface area (Å²) >= 11 is 0. The second-order valence-corrected chi connectivity index (χ2v) is 14.6. The molecule has 4 N–H and O–H groups in total. The van der Waals surface area contributed by atoms with Gasteiger partial charge in [-0.05, 0) is 96.9 Å². The first-order valence-electron chi connectivity index (χ1n) is 16.6. The Hall–Kier alpha value is -3.89. The van der Waals surface area contributed by atoms with E-state index in [1.54, 1.807) is 31.3 Å². The van der Waals surface area contributed by atoms with Crippen LogP contribution in [0.5, 0.6) is 0 Å². The summed E-state index contributed by atoms with van der Waals surface area (Å²) in [5, 5.41) is 16.3. The number of aromatic nitrogens is 2. The number of anilines is 1. The summed E-state index contributed by atoms with van der Waals surface area (Å²) < 4.78 is 1.53. The maximum Gasteiger partial charge on any atom is 0.318 e. The van der Waals surface area contributed by atoms with E-state index in [0.717, 1.165) is 48.6 Å². The molecule has 5 amide bonds. The molecule has 2 heterocycles. The van der Waals surface area contributed by atoms with Crippen molar-refractivity contribution in [2.24, 2.45) is 42.6 Å². The average Bonchev–Trinajstić information content (AvgIpc) is 3.72. The minimum atomic E-state index is -1.03. The van der Waals surface area contributed by atoms with Crippen molar-refractivity contribution in [1.82, 2.24) is 30.6 Å². The summed E-state index contributed by atoms with van der Waals surface area (Å²) in [6.45, 7) is 4.59. The SMILES string of the molecule is CNC(=O)C1(N2C[C@@H](C(C)C)NC2=O)Cc2ccc(NC(=O)C(NC(=O)c3ccnn3C)C3C4CC5CC(C4)CC3C5)cc2C1. The minimum absolute atomic E-state index is 0.0266. The van der Waals surface area contributed by atoms with E-state index in [2.05, 4.69) is 40.2 Å². The number of carbonyl (C=O) groups is 4. The van der Waals surface area contributed by atoms with Crippen molar-refractivity contribution < 1.29 is 19.2 Å². The number of nitrogens with zero attached hydrogens (tertiary/aromatic N) is 3. The number of urea groups is 1. The molecule has 11 heteroatoms. The number of benzene rings is 1. The Kier molecular flexibility index (Phi) is 7.40. The van der Waals surface area contributed by atoms with E-state index in [-0.39, 0.29) is 41.6 Å². The zero-order chi connectivity index (χ0) is 31.6. The third-order valence-electron chi connectivity index (χ3n) is 11.7. The topological polar surface area (TPSA) is 137 Å². The maximum absolute atomic E-state index is 14.2. The minimum Gasteiger partial charge on any atom is -0.357 e. The van der Waals surface area contributed by atoms with Gasteiger partial charge in [0, 0.05) is 45.4 Å². The molecular weight excluding hydrogens is 570 g/mol. The Morgan fingerprint density at radius 2 is 1.69 bits per heavy atom. The lowest BCUT2D eigenvalue weighted by Crippen LogP contribution is -2.60. The lowest BCUT2D eigenvalue weighted by Gasteiger charge is -2.56. The Labute approximate surface area is 264 Å². The van der Waals surface area contributed by atoms with Crippen LogP contribution in [0.3, 0.4) is 0 Å². The molecule has 6 aliphatic rings. The lowest BCUT2D eigenvalue weighted by atomic mass is 9.50.